The van der Waals surface area contributed by atoms with E-state index in [-0.39, 0.29) is 53.2 Å². The van der Waals surface area contributed by atoms with Crippen LogP contribution in [-0.4, -0.2) is 105 Å². The largest absolute Gasteiger partial charge is 0.507 e. The van der Waals surface area contributed by atoms with Crippen LogP contribution >= 0.6 is 11.6 Å². The molecule has 0 fully saturated rings. The van der Waals surface area contributed by atoms with Crippen LogP contribution in [0.2, 0.25) is 5.02 Å². The van der Waals surface area contributed by atoms with Crippen molar-refractivity contribution in [3.63, 3.8) is 0 Å². The molecule has 0 aliphatic carbocycles. The van der Waals surface area contributed by atoms with Crippen molar-refractivity contribution < 1.29 is 53.7 Å². The van der Waals surface area contributed by atoms with E-state index in [1.54, 1.807) is 24.3 Å². The Bertz CT molecular complexity index is 2540. The van der Waals surface area contributed by atoms with Gasteiger partial charge in [0.15, 0.2) is 23.1 Å². The van der Waals surface area contributed by atoms with Gasteiger partial charge in [-0.2, -0.15) is 0 Å². The summed E-state index contributed by atoms with van der Waals surface area (Å²) >= 11 is 6.06. The second-order valence-corrected chi connectivity index (χ2v) is 18.2. The van der Waals surface area contributed by atoms with Gasteiger partial charge in [-0.3, -0.25) is 38.4 Å². The second kappa shape index (κ2) is 23.3. The molecule has 3 amide bonds. The van der Waals surface area contributed by atoms with Gasteiger partial charge in [0.25, 0.3) is 0 Å². The number of aromatic hydroxyl groups is 2. The Kier molecular flexibility index (Phi) is 17.9. The van der Waals surface area contributed by atoms with Crippen molar-refractivity contribution in [1.82, 2.24) is 15.1 Å². The third-order valence-corrected chi connectivity index (χ3v) is 12.8. The van der Waals surface area contributed by atoms with Gasteiger partial charge < -0.3 is 36.2 Å². The summed E-state index contributed by atoms with van der Waals surface area (Å²) in [5.41, 5.74) is 8.92. The first-order valence-electron chi connectivity index (χ1n) is 22.6. The van der Waals surface area contributed by atoms with Crippen molar-refractivity contribution in [2.24, 2.45) is 23.5 Å². The van der Waals surface area contributed by atoms with Crippen molar-refractivity contribution in [3.05, 3.63) is 107 Å². The first-order chi connectivity index (χ1) is 32.2. The number of Topliss-reactive ketones (excluding diaryl/α,β-unsaturated/α-hetero) is 4. The van der Waals surface area contributed by atoms with Crippen molar-refractivity contribution in [3.8, 4) is 33.8 Å². The van der Waals surface area contributed by atoms with E-state index in [0.29, 0.717) is 35.5 Å². The van der Waals surface area contributed by atoms with Crippen LogP contribution in [-0.2, 0) is 40.0 Å². The number of hydrogen-bond acceptors (Lipinski definition) is 11. The van der Waals surface area contributed by atoms with Crippen molar-refractivity contribution >= 4 is 58.4 Å². The number of carboxylic acid groups (broad SMARTS) is 1. The molecule has 68 heavy (non-hydrogen) atoms. The van der Waals surface area contributed by atoms with Crippen LogP contribution in [0.3, 0.4) is 0 Å². The number of amides is 3. The quantitative estimate of drug-likeness (QED) is 0.0516. The van der Waals surface area contributed by atoms with E-state index in [9.17, 15) is 53.7 Å². The lowest BCUT2D eigenvalue weighted by Gasteiger charge is -2.32. The Morgan fingerprint density at radius 3 is 2.00 bits per heavy atom. The molecule has 6 atom stereocenters. The van der Waals surface area contributed by atoms with Gasteiger partial charge in [-0.15, -0.1) is 0 Å². The maximum absolute atomic E-state index is 14.7. The van der Waals surface area contributed by atoms with E-state index < -0.39 is 96.2 Å². The Morgan fingerprint density at radius 1 is 0.794 bits per heavy atom. The summed E-state index contributed by atoms with van der Waals surface area (Å²) in [6.45, 7) is 4.48. The minimum Gasteiger partial charge on any atom is -0.507 e. The smallest absolute Gasteiger partial charge is 0.305 e. The van der Waals surface area contributed by atoms with E-state index in [1.165, 1.54) is 76.2 Å². The number of hydrogen-bond donors (Lipinski definition) is 5. The summed E-state index contributed by atoms with van der Waals surface area (Å²) < 4.78 is 0. The maximum Gasteiger partial charge on any atom is 0.305 e. The van der Waals surface area contributed by atoms with E-state index in [0.717, 1.165) is 16.0 Å². The molecule has 0 spiro atoms. The van der Waals surface area contributed by atoms with Crippen molar-refractivity contribution in [2.45, 2.75) is 90.3 Å². The monoisotopic (exact) mass is 950 g/mol. The topological polar surface area (TPSA) is 242 Å². The molecule has 1 aliphatic rings. The molecule has 0 saturated carbocycles. The molecule has 1 aliphatic heterocycles. The summed E-state index contributed by atoms with van der Waals surface area (Å²) in [4.78, 5) is 111. The molecule has 4 aromatic carbocycles. The van der Waals surface area contributed by atoms with Gasteiger partial charge in [-0.25, -0.2) is 0 Å². The zero-order valence-electron chi connectivity index (χ0n) is 38.9. The lowest BCUT2D eigenvalue weighted by molar-refractivity contribution is -0.146. The average molecular weight is 952 g/mol. The summed E-state index contributed by atoms with van der Waals surface area (Å²) in [5.74, 6) is -8.59. The zero-order chi connectivity index (χ0) is 50.0. The number of aliphatic carboxylic acids is 1. The van der Waals surface area contributed by atoms with E-state index in [2.05, 4.69) is 5.32 Å². The van der Waals surface area contributed by atoms with Crippen LogP contribution in [0.1, 0.15) is 93.2 Å². The zero-order valence-corrected chi connectivity index (χ0v) is 39.6. The van der Waals surface area contributed by atoms with Crippen LogP contribution in [0.25, 0.3) is 22.3 Å². The van der Waals surface area contributed by atoms with Gasteiger partial charge in [0, 0.05) is 72.8 Å². The maximum atomic E-state index is 14.7. The molecule has 4 bridgehead atoms. The number of nitrogens with two attached hydrogens (primary N) is 1. The second-order valence-electron chi connectivity index (χ2n) is 17.8. The molecule has 15 nitrogen and oxygen atoms in total. The molecule has 4 aromatic rings. The van der Waals surface area contributed by atoms with Crippen molar-refractivity contribution in [2.75, 3.05) is 20.6 Å². The number of likely N-dealkylation sites (N-methyl/N-ethyl adjacent to an activating group) is 2. The average Bonchev–Trinajstić information content (AvgIpc) is 3.30. The summed E-state index contributed by atoms with van der Waals surface area (Å²) in [5, 5.41) is 35.1. The molecular formula is C52H59ClN4O11. The van der Waals surface area contributed by atoms with Crippen LogP contribution < -0.4 is 11.1 Å². The lowest BCUT2D eigenvalue weighted by Crippen LogP contribution is -2.48. The number of carboxylic acids is 1. The normalized spacial score (nSPS) is 17.4. The highest BCUT2D eigenvalue weighted by Crippen LogP contribution is 2.40. The number of phenolic OH excluding ortho intramolecular Hbond substituents is 2. The number of benzene rings is 4. The van der Waals surface area contributed by atoms with Crippen LogP contribution in [0.15, 0.2) is 84.9 Å². The number of ketones is 4. The molecule has 6 N–H and O–H groups in total. The Hall–Kier alpha value is -6.71. The molecular weight excluding hydrogens is 892 g/mol. The number of carbonyl (C=O) groups is 8. The fraction of sp³-hybridized carbons (Fsp3) is 0.385. The van der Waals surface area contributed by atoms with Crippen LogP contribution in [0.4, 0.5) is 0 Å². The summed E-state index contributed by atoms with van der Waals surface area (Å²) in [7, 11) is 2.73. The molecule has 360 valence electrons. The number of unbranched alkanes of at least 4 members (excludes halogenated alkanes) is 1. The Balaban J connectivity index is 1.46. The highest BCUT2D eigenvalue weighted by molar-refractivity contribution is 6.30. The van der Waals surface area contributed by atoms with E-state index in [1.807, 2.05) is 24.3 Å². The third kappa shape index (κ3) is 13.0. The summed E-state index contributed by atoms with van der Waals surface area (Å²) in [6, 6.07) is 19.1. The number of nitrogens with zero attached hydrogens (tertiary/aromatic N) is 2. The predicted octanol–water partition coefficient (Wildman–Crippen LogP) is 6.73. The van der Waals surface area contributed by atoms with Gasteiger partial charge in [-0.1, -0.05) is 80.4 Å². The summed E-state index contributed by atoms with van der Waals surface area (Å²) in [6.07, 6.45) is -0.362. The fourth-order valence-corrected chi connectivity index (χ4v) is 8.77. The molecule has 0 saturated heterocycles. The van der Waals surface area contributed by atoms with Gasteiger partial charge in [0.05, 0.1) is 12.5 Å². The highest BCUT2D eigenvalue weighted by Gasteiger charge is 2.37. The minimum absolute atomic E-state index is 0.109. The van der Waals surface area contributed by atoms with Crippen molar-refractivity contribution in [1.29, 1.82) is 0 Å². The number of halogens is 1. The Morgan fingerprint density at radius 2 is 1.40 bits per heavy atom. The Labute approximate surface area is 400 Å². The molecule has 5 rings (SSSR count). The number of fused-ring (bicyclic) bond motifs is 5. The van der Waals surface area contributed by atoms with Gasteiger partial charge in [0.1, 0.15) is 23.6 Å². The van der Waals surface area contributed by atoms with Crippen LogP contribution in [0, 0.1) is 17.8 Å². The van der Waals surface area contributed by atoms with E-state index in [4.69, 9.17) is 17.3 Å². The fourth-order valence-electron chi connectivity index (χ4n) is 8.64. The number of phenols is 2. The van der Waals surface area contributed by atoms with E-state index >= 15 is 0 Å². The number of carbonyl (C=O) groups excluding carboxylic acids is 7. The predicted molar refractivity (Wildman–Crippen MR) is 256 cm³/mol. The first-order valence-corrected chi connectivity index (χ1v) is 22.9. The SMILES string of the molecule is CC(=O)[C@H](CC(=O)O)N(C)C(=O)[C@H](C)CC(=O)[C@@H]1Cc2ccc(O)c(c2)-c2cc(ccc2O)[C@H](N(C)C(=O)[C@H](CCCCN)CC(=O)c2ccc(-c3ccc(Cl)cc3)cc2)C(=O)C[C@@H](C)C(=O)N1. The minimum atomic E-state index is -1.34. The third-order valence-electron chi connectivity index (χ3n) is 12.6. The lowest BCUT2D eigenvalue weighted by atomic mass is 9.87. The van der Waals surface area contributed by atoms with Crippen LogP contribution in [0.5, 0.6) is 11.5 Å². The standard InChI is InChI=1S/C52H59ClN4O11/c1-29-22-47(63)49(57(5)52(68)37(8-6-7-21-54)27-45(61)35-12-10-33(11-13-35)34-14-17-38(53)18-15-34)36-16-20-44(60)40(26-36)39-24-32(9-19-43(39)59)25-41(55-50(29)66)46(62)23-30(2)51(67)56(4)42(31(3)58)28-48(64)65/h9-20,24,26,29-30,37,41-42,49,59-60H,6-8,21-23,25,27-28,54H2,1-5H3,(H,55,66)(H,64,65)/t29-,30-,37-,41+,42+,49+/m1/s1. The van der Waals surface area contributed by atoms with Gasteiger partial charge in [-0.05, 0) is 91.4 Å². The highest BCUT2D eigenvalue weighted by atomic mass is 35.5. The molecule has 0 radical (unpaired) electrons. The first kappa shape index (κ1) is 52.3. The van der Waals surface area contributed by atoms with Gasteiger partial charge >= 0.3 is 5.97 Å². The number of nitrogens with one attached hydrogen (secondary N) is 1. The number of rotatable bonds is 18. The molecule has 0 aromatic heterocycles. The molecule has 0 unspecified atom stereocenters. The molecule has 1 heterocycles. The van der Waals surface area contributed by atoms with Gasteiger partial charge in [0.2, 0.25) is 17.7 Å². The molecule has 16 heteroatoms.